The molecular formula is C25H26ClN3O4. The fraction of sp³-hybridized carbons (Fsp3) is 0.360. The third-order valence-electron chi connectivity index (χ3n) is 6.71. The van der Waals surface area contributed by atoms with Crippen molar-refractivity contribution in [2.24, 2.45) is 7.05 Å². The number of ether oxygens (including phenoxy) is 2. The average Bonchev–Trinajstić information content (AvgIpc) is 3.10. The Hall–Kier alpha value is -3.19. The molecule has 0 radical (unpaired) electrons. The smallest absolute Gasteiger partial charge is 0.317 e. The van der Waals surface area contributed by atoms with Gasteiger partial charge < -0.3 is 24.3 Å². The highest BCUT2D eigenvalue weighted by molar-refractivity contribution is 6.35. The summed E-state index contributed by atoms with van der Waals surface area (Å²) in [4.78, 5) is 27.3. The maximum Gasteiger partial charge on any atom is 0.317 e. The van der Waals surface area contributed by atoms with Crippen LogP contribution in [0.25, 0.3) is 10.9 Å². The molecular weight excluding hydrogens is 442 g/mol. The van der Waals surface area contributed by atoms with Crippen LogP contribution >= 0.6 is 11.6 Å². The molecule has 1 spiro atoms. The Bertz CT molecular complexity index is 1240. The largest absolute Gasteiger partial charge is 0.497 e. The Morgan fingerprint density at radius 3 is 2.76 bits per heavy atom. The lowest BCUT2D eigenvalue weighted by Crippen LogP contribution is -2.54. The fourth-order valence-electron chi connectivity index (χ4n) is 4.79. The minimum Gasteiger partial charge on any atom is -0.497 e. The number of nitrogens with zero attached hydrogens (tertiary/aromatic N) is 2. The molecule has 2 aliphatic rings. The van der Waals surface area contributed by atoms with Gasteiger partial charge in [0.25, 0.3) is 0 Å². The van der Waals surface area contributed by atoms with Crippen LogP contribution in [0.1, 0.15) is 35.2 Å². The third kappa shape index (κ3) is 4.02. The number of fused-ring (bicyclic) bond motifs is 2. The number of aromatic nitrogens is 1. The molecule has 1 fully saturated rings. The SMILES string of the molecule is COc1ccc2c(c1)OC1(CCN(C(=O)NCc3ccc4c(c3)c(Cl)cn4C)CC1)CC2=O. The molecule has 172 valence electrons. The number of amides is 2. The van der Waals surface area contributed by atoms with E-state index in [0.717, 1.165) is 16.5 Å². The van der Waals surface area contributed by atoms with Crippen molar-refractivity contribution in [3.05, 3.63) is 58.7 Å². The zero-order valence-electron chi connectivity index (χ0n) is 18.7. The van der Waals surface area contributed by atoms with Gasteiger partial charge in [-0.05, 0) is 29.8 Å². The van der Waals surface area contributed by atoms with Crippen LogP contribution in [0.4, 0.5) is 4.79 Å². The molecule has 3 aromatic rings. The summed E-state index contributed by atoms with van der Waals surface area (Å²) in [6.45, 7) is 1.48. The normalized spacial score (nSPS) is 17.1. The van der Waals surface area contributed by atoms with Crippen molar-refractivity contribution < 1.29 is 19.1 Å². The third-order valence-corrected chi connectivity index (χ3v) is 7.01. The van der Waals surface area contributed by atoms with E-state index in [1.807, 2.05) is 36.0 Å². The lowest BCUT2D eigenvalue weighted by Gasteiger charge is -2.43. The highest BCUT2D eigenvalue weighted by Crippen LogP contribution is 2.40. The van der Waals surface area contributed by atoms with Crippen LogP contribution in [0.15, 0.2) is 42.6 Å². The molecule has 0 saturated carbocycles. The Morgan fingerprint density at radius 2 is 2.00 bits per heavy atom. The van der Waals surface area contributed by atoms with E-state index in [9.17, 15) is 9.59 Å². The van der Waals surface area contributed by atoms with Crippen molar-refractivity contribution in [2.75, 3.05) is 20.2 Å². The van der Waals surface area contributed by atoms with Gasteiger partial charge >= 0.3 is 6.03 Å². The Balaban J connectivity index is 1.21. The number of rotatable bonds is 3. The average molecular weight is 468 g/mol. The van der Waals surface area contributed by atoms with Crippen molar-refractivity contribution in [3.63, 3.8) is 0 Å². The predicted molar refractivity (Wildman–Crippen MR) is 126 cm³/mol. The van der Waals surface area contributed by atoms with Crippen LogP contribution in [0.3, 0.4) is 0 Å². The van der Waals surface area contributed by atoms with Crippen LogP contribution < -0.4 is 14.8 Å². The second-order valence-electron chi connectivity index (χ2n) is 8.83. The van der Waals surface area contributed by atoms with Crippen LogP contribution in [0.5, 0.6) is 11.5 Å². The Morgan fingerprint density at radius 1 is 1.21 bits per heavy atom. The molecule has 0 bridgehead atoms. The number of likely N-dealkylation sites (tertiary alicyclic amines) is 1. The molecule has 1 saturated heterocycles. The van der Waals surface area contributed by atoms with Gasteiger partial charge in [-0.1, -0.05) is 17.7 Å². The summed E-state index contributed by atoms with van der Waals surface area (Å²) in [5.74, 6) is 1.30. The van der Waals surface area contributed by atoms with Crippen molar-refractivity contribution >= 4 is 34.3 Å². The van der Waals surface area contributed by atoms with Gasteiger partial charge in [0, 0.05) is 62.7 Å². The second-order valence-corrected chi connectivity index (χ2v) is 9.24. The number of nitrogens with one attached hydrogen (secondary N) is 1. The number of carbonyl (C=O) groups excluding carboxylic acids is 2. The Kier molecular flexibility index (Phi) is 5.44. The van der Waals surface area contributed by atoms with E-state index in [-0.39, 0.29) is 11.8 Å². The summed E-state index contributed by atoms with van der Waals surface area (Å²) in [7, 11) is 3.54. The van der Waals surface area contributed by atoms with Crippen molar-refractivity contribution in [1.29, 1.82) is 0 Å². The molecule has 3 heterocycles. The zero-order valence-corrected chi connectivity index (χ0v) is 19.4. The molecule has 2 amide bonds. The van der Waals surface area contributed by atoms with Crippen LogP contribution in [-0.2, 0) is 13.6 Å². The molecule has 33 heavy (non-hydrogen) atoms. The van der Waals surface area contributed by atoms with Gasteiger partial charge in [-0.15, -0.1) is 0 Å². The highest BCUT2D eigenvalue weighted by Gasteiger charge is 2.43. The number of ketones is 1. The van der Waals surface area contributed by atoms with Gasteiger partial charge in [0.15, 0.2) is 5.78 Å². The summed E-state index contributed by atoms with van der Waals surface area (Å²) in [5.41, 5.74) is 2.07. The number of methoxy groups -OCH3 is 1. The molecule has 0 unspecified atom stereocenters. The zero-order chi connectivity index (χ0) is 23.2. The highest BCUT2D eigenvalue weighted by atomic mass is 35.5. The number of piperidine rings is 1. The number of carbonyl (C=O) groups is 2. The number of Topliss-reactive ketones (excluding diaryl/α,β-unsaturated/α-hetero) is 1. The summed E-state index contributed by atoms with van der Waals surface area (Å²) in [6.07, 6.45) is 3.42. The molecule has 1 N–H and O–H groups in total. The second kappa shape index (κ2) is 8.30. The lowest BCUT2D eigenvalue weighted by atomic mass is 9.82. The van der Waals surface area contributed by atoms with Crippen molar-refractivity contribution in [3.8, 4) is 11.5 Å². The first-order valence-corrected chi connectivity index (χ1v) is 11.4. The van der Waals surface area contributed by atoms with E-state index in [1.54, 1.807) is 30.2 Å². The number of benzene rings is 2. The number of aryl methyl sites for hydroxylation is 1. The van der Waals surface area contributed by atoms with E-state index in [4.69, 9.17) is 21.1 Å². The molecule has 1 aromatic heterocycles. The number of hydrogen-bond donors (Lipinski definition) is 1. The summed E-state index contributed by atoms with van der Waals surface area (Å²) < 4.78 is 13.6. The minimum absolute atomic E-state index is 0.0757. The summed E-state index contributed by atoms with van der Waals surface area (Å²) >= 11 is 6.30. The molecule has 2 aliphatic heterocycles. The number of halogens is 1. The topological polar surface area (TPSA) is 72.8 Å². The molecule has 0 atom stereocenters. The fourth-order valence-corrected chi connectivity index (χ4v) is 5.09. The van der Waals surface area contributed by atoms with Crippen LogP contribution in [0, 0.1) is 0 Å². The molecule has 8 heteroatoms. The monoisotopic (exact) mass is 467 g/mol. The molecule has 2 aromatic carbocycles. The van der Waals surface area contributed by atoms with Crippen molar-refractivity contribution in [1.82, 2.24) is 14.8 Å². The molecule has 7 nitrogen and oxygen atoms in total. The maximum absolute atomic E-state index is 12.8. The quantitative estimate of drug-likeness (QED) is 0.613. The van der Waals surface area contributed by atoms with Crippen LogP contribution in [0.2, 0.25) is 5.02 Å². The Labute approximate surface area is 197 Å². The standard InChI is InChI=1S/C25H26ClN3O4/c1-28-15-20(26)19-11-16(3-6-21(19)28)14-27-24(31)29-9-7-25(8-10-29)13-22(30)18-5-4-17(32-2)12-23(18)33-25/h3-6,11-12,15H,7-10,13-14H2,1-2H3,(H,27,31). The number of urea groups is 1. The van der Waals surface area contributed by atoms with Gasteiger partial charge in [0.05, 0.1) is 24.1 Å². The van der Waals surface area contributed by atoms with Gasteiger partial charge in [-0.2, -0.15) is 0 Å². The lowest BCUT2D eigenvalue weighted by molar-refractivity contribution is -0.000822. The summed E-state index contributed by atoms with van der Waals surface area (Å²) in [5, 5.41) is 4.67. The predicted octanol–water partition coefficient (Wildman–Crippen LogP) is 4.55. The first-order valence-electron chi connectivity index (χ1n) is 11.0. The van der Waals surface area contributed by atoms with E-state index >= 15 is 0 Å². The van der Waals surface area contributed by atoms with E-state index in [0.29, 0.717) is 61.0 Å². The van der Waals surface area contributed by atoms with Gasteiger partial charge in [-0.3, -0.25) is 4.79 Å². The van der Waals surface area contributed by atoms with E-state index in [2.05, 4.69) is 5.32 Å². The maximum atomic E-state index is 12.8. The van der Waals surface area contributed by atoms with E-state index in [1.165, 1.54) is 0 Å². The molecule has 5 rings (SSSR count). The van der Waals surface area contributed by atoms with Gasteiger partial charge in [-0.25, -0.2) is 4.79 Å². The first-order chi connectivity index (χ1) is 15.9. The van der Waals surface area contributed by atoms with Crippen molar-refractivity contribution in [2.45, 2.75) is 31.4 Å². The first kappa shape index (κ1) is 21.6. The van der Waals surface area contributed by atoms with Gasteiger partial charge in [0.1, 0.15) is 17.1 Å². The number of hydrogen-bond acceptors (Lipinski definition) is 4. The van der Waals surface area contributed by atoms with E-state index < -0.39 is 5.60 Å². The summed E-state index contributed by atoms with van der Waals surface area (Å²) in [6, 6.07) is 11.2. The van der Waals surface area contributed by atoms with Gasteiger partial charge in [0.2, 0.25) is 0 Å². The van der Waals surface area contributed by atoms with Crippen LogP contribution in [-0.4, -0.2) is 47.1 Å². The molecule has 0 aliphatic carbocycles. The minimum atomic E-state index is -0.567.